The van der Waals surface area contributed by atoms with E-state index in [1.807, 2.05) is 0 Å². The summed E-state index contributed by atoms with van der Waals surface area (Å²) in [6.07, 6.45) is 6.96. The minimum atomic E-state index is 0.435. The van der Waals surface area contributed by atoms with Crippen molar-refractivity contribution in [2.75, 3.05) is 6.61 Å². The van der Waals surface area contributed by atoms with Crippen LogP contribution in [0.4, 0.5) is 0 Å². The van der Waals surface area contributed by atoms with Crippen molar-refractivity contribution in [1.29, 1.82) is 0 Å². The van der Waals surface area contributed by atoms with Crippen LogP contribution in [0.25, 0.3) is 0 Å². The average molecular weight is 222 g/mol. The Kier molecular flexibility index (Phi) is 2.25. The molecule has 1 heteroatoms. The van der Waals surface area contributed by atoms with Crippen LogP contribution in [0, 0.1) is 34.5 Å². The van der Waals surface area contributed by atoms with E-state index < -0.39 is 0 Å². The van der Waals surface area contributed by atoms with Crippen LogP contribution in [0.15, 0.2) is 0 Å². The van der Waals surface area contributed by atoms with E-state index in [1.54, 1.807) is 0 Å². The van der Waals surface area contributed by atoms with Crippen molar-refractivity contribution in [2.24, 2.45) is 34.5 Å². The van der Waals surface area contributed by atoms with Crippen LogP contribution in [0.1, 0.15) is 52.9 Å². The Morgan fingerprint density at radius 3 is 2.56 bits per heavy atom. The van der Waals surface area contributed by atoms with Crippen LogP contribution in [-0.4, -0.2) is 11.7 Å². The van der Waals surface area contributed by atoms with E-state index in [0.29, 0.717) is 23.4 Å². The highest BCUT2D eigenvalue weighted by atomic mass is 16.3. The number of hydrogen-bond donors (Lipinski definition) is 1. The molecule has 0 unspecified atom stereocenters. The first kappa shape index (κ1) is 11.1. The SMILES string of the molecule is CC1(C)CCC[C@]2(C)[C@H](CO)[C@@H]3CC[C@@H]2[C@H]31. The second-order valence-corrected chi connectivity index (χ2v) is 7.51. The molecular weight excluding hydrogens is 196 g/mol. The molecular formula is C15H26O. The molecule has 3 saturated carbocycles. The fourth-order valence-electron chi connectivity index (χ4n) is 5.92. The molecule has 0 aromatic heterocycles. The fraction of sp³-hybridized carbons (Fsp3) is 1.00. The molecule has 92 valence electrons. The highest BCUT2D eigenvalue weighted by Gasteiger charge is 2.64. The lowest BCUT2D eigenvalue weighted by atomic mass is 9.65. The lowest BCUT2D eigenvalue weighted by Crippen LogP contribution is -2.35. The van der Waals surface area contributed by atoms with Crippen LogP contribution in [0.2, 0.25) is 0 Å². The average Bonchev–Trinajstić information content (AvgIpc) is 2.68. The molecule has 3 aliphatic carbocycles. The molecule has 0 radical (unpaired) electrons. The maximum atomic E-state index is 9.76. The fourth-order valence-corrected chi connectivity index (χ4v) is 5.92. The first-order valence-corrected chi connectivity index (χ1v) is 7.11. The van der Waals surface area contributed by atoms with Crippen molar-refractivity contribution >= 4 is 0 Å². The van der Waals surface area contributed by atoms with Gasteiger partial charge >= 0.3 is 0 Å². The first-order valence-electron chi connectivity index (χ1n) is 7.11. The Hall–Kier alpha value is -0.0400. The van der Waals surface area contributed by atoms with Crippen LogP contribution in [0.5, 0.6) is 0 Å². The Morgan fingerprint density at radius 2 is 1.88 bits per heavy atom. The Morgan fingerprint density at radius 1 is 1.12 bits per heavy atom. The van der Waals surface area contributed by atoms with Crippen molar-refractivity contribution < 1.29 is 5.11 Å². The van der Waals surface area contributed by atoms with E-state index in [1.165, 1.54) is 32.1 Å². The smallest absolute Gasteiger partial charge is 0.0467 e. The number of hydrogen-bond acceptors (Lipinski definition) is 1. The van der Waals surface area contributed by atoms with Crippen molar-refractivity contribution in [1.82, 2.24) is 0 Å². The standard InChI is InChI=1S/C15H26O/c1-14(2)7-4-8-15(3)11-6-5-10(13(11)14)12(15)9-16/h10-13,16H,4-9H2,1-3H3/t10-,11+,12+,13-,15-/m0/s1. The third-order valence-corrected chi connectivity index (χ3v) is 6.55. The number of aliphatic hydroxyl groups excluding tert-OH is 1. The molecule has 0 amide bonds. The van der Waals surface area contributed by atoms with Gasteiger partial charge in [0.05, 0.1) is 0 Å². The summed E-state index contributed by atoms with van der Waals surface area (Å²) in [4.78, 5) is 0. The molecule has 0 aliphatic heterocycles. The van der Waals surface area contributed by atoms with E-state index in [9.17, 15) is 5.11 Å². The first-order chi connectivity index (χ1) is 7.50. The summed E-state index contributed by atoms with van der Waals surface area (Å²) >= 11 is 0. The van der Waals surface area contributed by atoms with Gasteiger partial charge in [-0.25, -0.2) is 0 Å². The maximum absolute atomic E-state index is 9.76. The zero-order valence-electron chi connectivity index (χ0n) is 11.0. The van der Waals surface area contributed by atoms with Gasteiger partial charge in [0.2, 0.25) is 0 Å². The van der Waals surface area contributed by atoms with Gasteiger partial charge in [0.15, 0.2) is 0 Å². The van der Waals surface area contributed by atoms with E-state index in [-0.39, 0.29) is 0 Å². The summed E-state index contributed by atoms with van der Waals surface area (Å²) < 4.78 is 0. The van der Waals surface area contributed by atoms with Crippen molar-refractivity contribution in [2.45, 2.75) is 52.9 Å². The molecule has 3 rings (SSSR count). The molecule has 1 N–H and O–H groups in total. The predicted octanol–water partition coefficient (Wildman–Crippen LogP) is 3.47. The Bertz CT molecular complexity index is 296. The molecule has 16 heavy (non-hydrogen) atoms. The van der Waals surface area contributed by atoms with Gasteiger partial charge in [0.25, 0.3) is 0 Å². The minimum Gasteiger partial charge on any atom is -0.396 e. The highest BCUT2D eigenvalue weighted by molar-refractivity contribution is 5.12. The van der Waals surface area contributed by atoms with E-state index >= 15 is 0 Å². The van der Waals surface area contributed by atoms with Gasteiger partial charge < -0.3 is 5.11 Å². The number of rotatable bonds is 1. The zero-order chi connectivity index (χ0) is 11.6. The van der Waals surface area contributed by atoms with Crippen LogP contribution in [-0.2, 0) is 0 Å². The molecule has 3 fully saturated rings. The zero-order valence-corrected chi connectivity index (χ0v) is 11.0. The van der Waals surface area contributed by atoms with Gasteiger partial charge in [-0.05, 0) is 60.2 Å². The third kappa shape index (κ3) is 1.16. The molecule has 3 aliphatic rings. The summed E-state index contributed by atoms with van der Waals surface area (Å²) in [6, 6.07) is 0. The van der Waals surface area contributed by atoms with Gasteiger partial charge in [0, 0.05) is 6.61 Å². The predicted molar refractivity (Wildman–Crippen MR) is 66.0 cm³/mol. The topological polar surface area (TPSA) is 20.2 Å². The molecule has 0 heterocycles. The summed E-state index contributed by atoms with van der Waals surface area (Å²) in [6.45, 7) is 7.87. The quantitative estimate of drug-likeness (QED) is 0.720. The molecule has 0 aromatic carbocycles. The monoisotopic (exact) mass is 222 g/mol. The van der Waals surface area contributed by atoms with Crippen LogP contribution >= 0.6 is 0 Å². The molecule has 1 nitrogen and oxygen atoms in total. The van der Waals surface area contributed by atoms with E-state index in [2.05, 4.69) is 20.8 Å². The van der Waals surface area contributed by atoms with Crippen molar-refractivity contribution in [3.8, 4) is 0 Å². The Balaban J connectivity index is 2.04. The molecule has 5 atom stereocenters. The van der Waals surface area contributed by atoms with Gasteiger partial charge in [-0.3, -0.25) is 0 Å². The second-order valence-electron chi connectivity index (χ2n) is 7.51. The molecule has 0 saturated heterocycles. The second kappa shape index (κ2) is 3.25. The van der Waals surface area contributed by atoms with Crippen LogP contribution < -0.4 is 0 Å². The molecule has 4 bridgehead atoms. The summed E-state index contributed by atoms with van der Waals surface area (Å²) in [5, 5.41) is 9.76. The third-order valence-electron chi connectivity index (χ3n) is 6.55. The van der Waals surface area contributed by atoms with Gasteiger partial charge in [0.1, 0.15) is 0 Å². The van der Waals surface area contributed by atoms with Crippen LogP contribution in [0.3, 0.4) is 0 Å². The number of aliphatic hydroxyl groups is 1. The Labute approximate surface area is 99.6 Å². The molecule has 0 spiro atoms. The molecule has 0 aromatic rings. The normalized spacial score (nSPS) is 54.0. The summed E-state index contributed by atoms with van der Waals surface area (Å²) in [5.74, 6) is 3.25. The van der Waals surface area contributed by atoms with Crippen molar-refractivity contribution in [3.05, 3.63) is 0 Å². The van der Waals surface area contributed by atoms with Gasteiger partial charge in [-0.2, -0.15) is 0 Å². The lowest BCUT2D eigenvalue weighted by Gasteiger charge is -2.40. The van der Waals surface area contributed by atoms with E-state index in [0.717, 1.165) is 17.8 Å². The van der Waals surface area contributed by atoms with Gasteiger partial charge in [-0.1, -0.05) is 27.2 Å². The minimum absolute atomic E-state index is 0.435. The summed E-state index contributed by atoms with van der Waals surface area (Å²) in [7, 11) is 0. The lowest BCUT2D eigenvalue weighted by molar-refractivity contribution is 0.0374. The maximum Gasteiger partial charge on any atom is 0.0467 e. The van der Waals surface area contributed by atoms with Gasteiger partial charge in [-0.15, -0.1) is 0 Å². The largest absolute Gasteiger partial charge is 0.396 e. The van der Waals surface area contributed by atoms with E-state index in [4.69, 9.17) is 0 Å². The highest BCUT2D eigenvalue weighted by Crippen LogP contribution is 2.70. The van der Waals surface area contributed by atoms with Crippen molar-refractivity contribution in [3.63, 3.8) is 0 Å². The summed E-state index contributed by atoms with van der Waals surface area (Å²) in [5.41, 5.74) is 0.990.